The van der Waals surface area contributed by atoms with Gasteiger partial charge in [-0.05, 0) is 24.1 Å². The third-order valence-corrected chi connectivity index (χ3v) is 2.52. The first-order valence-electron chi connectivity index (χ1n) is 6.00. The smallest absolute Gasteiger partial charge is 0.329 e. The van der Waals surface area contributed by atoms with Crippen LogP contribution in [0.3, 0.4) is 0 Å². The molecule has 2 N–H and O–H groups in total. The lowest BCUT2D eigenvalue weighted by Gasteiger charge is -2.02. The maximum atomic E-state index is 11.3. The van der Waals surface area contributed by atoms with Gasteiger partial charge in [-0.2, -0.15) is 5.10 Å². The third kappa shape index (κ3) is 6.01. The first kappa shape index (κ1) is 15.2. The van der Waals surface area contributed by atoms with Crippen molar-refractivity contribution in [2.24, 2.45) is 5.10 Å². The number of carbonyl (C=O) groups is 2. The predicted molar refractivity (Wildman–Crippen MR) is 75.1 cm³/mol. The van der Waals surface area contributed by atoms with E-state index in [-0.39, 0.29) is 0 Å². The average molecular weight is 282 g/mol. The van der Waals surface area contributed by atoms with Crippen molar-refractivity contribution < 1.29 is 9.59 Å². The van der Waals surface area contributed by atoms with E-state index in [1.165, 1.54) is 6.21 Å². The Morgan fingerprint density at radius 2 is 1.95 bits per heavy atom. The molecule has 2 amide bonds. The summed E-state index contributed by atoms with van der Waals surface area (Å²) in [6.07, 6.45) is 3.23. The first-order valence-corrected chi connectivity index (χ1v) is 6.38. The number of nitrogens with one attached hydrogen (secondary N) is 2. The van der Waals surface area contributed by atoms with Gasteiger partial charge in [-0.15, -0.1) is 0 Å². The third-order valence-electron chi connectivity index (χ3n) is 2.27. The van der Waals surface area contributed by atoms with Crippen LogP contribution in [0.25, 0.3) is 0 Å². The zero-order valence-electron chi connectivity index (χ0n) is 10.6. The van der Waals surface area contributed by atoms with Gasteiger partial charge in [0.15, 0.2) is 0 Å². The van der Waals surface area contributed by atoms with Crippen molar-refractivity contribution in [3.63, 3.8) is 0 Å². The number of benzene rings is 1. The molecule has 19 heavy (non-hydrogen) atoms. The van der Waals surface area contributed by atoms with Gasteiger partial charge in [-0.3, -0.25) is 9.59 Å². The van der Waals surface area contributed by atoms with Crippen LogP contribution in [0.1, 0.15) is 25.3 Å². The summed E-state index contributed by atoms with van der Waals surface area (Å²) in [7, 11) is 0. The average Bonchev–Trinajstić information content (AvgIpc) is 2.41. The molecule has 6 heteroatoms. The number of unbranched alkanes of at least 4 members (excludes halogenated alkanes) is 1. The summed E-state index contributed by atoms with van der Waals surface area (Å²) in [5.41, 5.74) is 2.93. The quantitative estimate of drug-likeness (QED) is 0.373. The summed E-state index contributed by atoms with van der Waals surface area (Å²) in [5.74, 6) is -1.46. The predicted octanol–water partition coefficient (Wildman–Crippen LogP) is 1.71. The lowest BCUT2D eigenvalue weighted by molar-refractivity contribution is -0.139. The van der Waals surface area contributed by atoms with E-state index in [9.17, 15) is 9.59 Å². The monoisotopic (exact) mass is 281 g/mol. The van der Waals surface area contributed by atoms with E-state index in [1.807, 2.05) is 6.92 Å². The standard InChI is InChI=1S/C13H16ClN3O2/c1-2-3-8-15-12(18)13(19)17-16-9-10-4-6-11(14)7-5-10/h4-7,9H,2-3,8H2,1H3,(H,15,18)(H,17,19)/b16-9-. The summed E-state index contributed by atoms with van der Waals surface area (Å²) in [4.78, 5) is 22.6. The second kappa shape index (κ2) is 8.26. The van der Waals surface area contributed by atoms with Gasteiger partial charge in [-0.25, -0.2) is 5.43 Å². The van der Waals surface area contributed by atoms with E-state index < -0.39 is 11.8 Å². The van der Waals surface area contributed by atoms with Gasteiger partial charge < -0.3 is 5.32 Å². The fraction of sp³-hybridized carbons (Fsp3) is 0.308. The Balaban J connectivity index is 2.36. The van der Waals surface area contributed by atoms with Crippen LogP contribution < -0.4 is 10.7 Å². The molecule has 1 aromatic carbocycles. The molecule has 1 rings (SSSR count). The van der Waals surface area contributed by atoms with E-state index in [4.69, 9.17) is 11.6 Å². The van der Waals surface area contributed by atoms with E-state index in [0.29, 0.717) is 11.6 Å². The highest BCUT2D eigenvalue weighted by atomic mass is 35.5. The molecule has 0 aromatic heterocycles. The zero-order valence-corrected chi connectivity index (χ0v) is 11.4. The maximum Gasteiger partial charge on any atom is 0.329 e. The minimum absolute atomic E-state index is 0.490. The molecule has 5 nitrogen and oxygen atoms in total. The van der Waals surface area contributed by atoms with Gasteiger partial charge in [0.1, 0.15) is 0 Å². The minimum atomic E-state index is -0.777. The van der Waals surface area contributed by atoms with E-state index in [1.54, 1.807) is 24.3 Å². The Kier molecular flexibility index (Phi) is 6.60. The van der Waals surface area contributed by atoms with E-state index >= 15 is 0 Å². The number of hydrazone groups is 1. The summed E-state index contributed by atoms with van der Waals surface area (Å²) in [6.45, 7) is 2.49. The Morgan fingerprint density at radius 1 is 1.26 bits per heavy atom. The molecule has 1 aromatic rings. The van der Waals surface area contributed by atoms with Crippen LogP contribution in [0, 0.1) is 0 Å². The van der Waals surface area contributed by atoms with Crippen LogP contribution in [0.5, 0.6) is 0 Å². The second-order valence-corrected chi connectivity index (χ2v) is 4.30. The Morgan fingerprint density at radius 3 is 2.58 bits per heavy atom. The summed E-state index contributed by atoms with van der Waals surface area (Å²) in [5, 5.41) is 6.81. The second-order valence-electron chi connectivity index (χ2n) is 3.86. The van der Waals surface area contributed by atoms with Crippen molar-refractivity contribution in [2.45, 2.75) is 19.8 Å². The van der Waals surface area contributed by atoms with Crippen molar-refractivity contribution >= 4 is 29.6 Å². The van der Waals surface area contributed by atoms with Gasteiger partial charge in [0, 0.05) is 11.6 Å². The molecule has 0 fully saturated rings. The molecule has 0 aliphatic heterocycles. The number of carbonyl (C=O) groups excluding carboxylic acids is 2. The summed E-state index contributed by atoms with van der Waals surface area (Å²) >= 11 is 5.73. The van der Waals surface area contributed by atoms with Gasteiger partial charge in [0.25, 0.3) is 0 Å². The molecule has 0 aliphatic carbocycles. The first-order chi connectivity index (χ1) is 9.13. The number of amides is 2. The van der Waals surface area contributed by atoms with Crippen LogP contribution in [-0.2, 0) is 9.59 Å². The van der Waals surface area contributed by atoms with Crippen LogP contribution in [0.4, 0.5) is 0 Å². The topological polar surface area (TPSA) is 70.6 Å². The van der Waals surface area contributed by atoms with Crippen molar-refractivity contribution in [1.82, 2.24) is 10.7 Å². The molecule has 0 unspecified atom stereocenters. The molecule has 0 aliphatic rings. The number of halogens is 1. The van der Waals surface area contributed by atoms with E-state index in [0.717, 1.165) is 18.4 Å². The Hall–Kier alpha value is -1.88. The molecule has 0 atom stereocenters. The Bertz CT molecular complexity index is 457. The highest BCUT2D eigenvalue weighted by Crippen LogP contribution is 2.07. The van der Waals surface area contributed by atoms with Crippen LogP contribution in [-0.4, -0.2) is 24.6 Å². The highest BCUT2D eigenvalue weighted by Gasteiger charge is 2.10. The molecule has 0 saturated carbocycles. The highest BCUT2D eigenvalue weighted by molar-refractivity contribution is 6.35. The summed E-state index contributed by atoms with van der Waals surface area (Å²) in [6, 6.07) is 6.92. The number of rotatable bonds is 5. The van der Waals surface area contributed by atoms with E-state index in [2.05, 4.69) is 15.8 Å². The zero-order chi connectivity index (χ0) is 14.1. The number of hydrogen-bond donors (Lipinski definition) is 2. The maximum absolute atomic E-state index is 11.3. The minimum Gasteiger partial charge on any atom is -0.348 e. The van der Waals surface area contributed by atoms with Gasteiger partial charge in [0.2, 0.25) is 0 Å². The van der Waals surface area contributed by atoms with Crippen LogP contribution >= 0.6 is 11.6 Å². The van der Waals surface area contributed by atoms with Crippen molar-refractivity contribution in [3.05, 3.63) is 34.9 Å². The fourth-order valence-electron chi connectivity index (χ4n) is 1.22. The molecule has 0 radical (unpaired) electrons. The van der Waals surface area contributed by atoms with Gasteiger partial charge >= 0.3 is 11.8 Å². The normalized spacial score (nSPS) is 10.4. The Labute approximate surface area is 117 Å². The molecule has 102 valence electrons. The van der Waals surface area contributed by atoms with Gasteiger partial charge in [0.05, 0.1) is 6.21 Å². The summed E-state index contributed by atoms with van der Waals surface area (Å²) < 4.78 is 0. The fourth-order valence-corrected chi connectivity index (χ4v) is 1.35. The molecular formula is C13H16ClN3O2. The molecule has 0 saturated heterocycles. The van der Waals surface area contributed by atoms with Gasteiger partial charge in [-0.1, -0.05) is 37.1 Å². The largest absolute Gasteiger partial charge is 0.348 e. The number of nitrogens with zero attached hydrogens (tertiary/aromatic N) is 1. The van der Waals surface area contributed by atoms with Crippen LogP contribution in [0.15, 0.2) is 29.4 Å². The number of hydrogen-bond acceptors (Lipinski definition) is 3. The molecule has 0 bridgehead atoms. The lowest BCUT2D eigenvalue weighted by Crippen LogP contribution is -2.38. The van der Waals surface area contributed by atoms with Crippen LogP contribution in [0.2, 0.25) is 5.02 Å². The SMILES string of the molecule is CCCCNC(=O)C(=O)N/N=C\c1ccc(Cl)cc1. The van der Waals surface area contributed by atoms with Crippen molar-refractivity contribution in [1.29, 1.82) is 0 Å². The lowest BCUT2D eigenvalue weighted by atomic mass is 10.2. The molecular weight excluding hydrogens is 266 g/mol. The van der Waals surface area contributed by atoms with Crippen molar-refractivity contribution in [3.8, 4) is 0 Å². The molecule has 0 heterocycles. The van der Waals surface area contributed by atoms with Crippen molar-refractivity contribution in [2.75, 3.05) is 6.54 Å². The molecule has 0 spiro atoms.